The molecule has 2 saturated heterocycles. The van der Waals surface area contributed by atoms with Crippen LogP contribution in [-0.2, 0) is 9.59 Å². The van der Waals surface area contributed by atoms with Crippen LogP contribution in [0, 0.1) is 5.41 Å². The topological polar surface area (TPSA) is 127 Å². The summed E-state index contributed by atoms with van der Waals surface area (Å²) < 4.78 is 1.64. The van der Waals surface area contributed by atoms with E-state index < -0.39 is 23.6 Å². The van der Waals surface area contributed by atoms with Crippen molar-refractivity contribution in [2.75, 3.05) is 52.9 Å². The summed E-state index contributed by atoms with van der Waals surface area (Å²) in [5.74, 6) is -0.0628. The zero-order valence-electron chi connectivity index (χ0n) is 22.1. The van der Waals surface area contributed by atoms with Crippen molar-refractivity contribution in [1.82, 2.24) is 35.0 Å². The third kappa shape index (κ3) is 6.24. The molecule has 11 heteroatoms. The Morgan fingerprint density at radius 3 is 2.50 bits per heavy atom. The first-order chi connectivity index (χ1) is 17.1. The number of rotatable bonds is 9. The molecular formula is C25H43N7O4. The van der Waals surface area contributed by atoms with E-state index in [0.717, 1.165) is 44.7 Å². The predicted octanol–water partition coefficient (Wildman–Crippen LogP) is -0.181. The monoisotopic (exact) mass is 505 g/mol. The van der Waals surface area contributed by atoms with Gasteiger partial charge in [-0.15, -0.1) is 5.10 Å². The highest BCUT2D eigenvalue weighted by atomic mass is 16.3. The SMILES string of the molecule is CN1CCN(C(CO)CCNC(=O)[C@@H]2C[C@@H](O)CN2C(=O)[C@@H](n2cc(C3CC3)nn2)C(C)(C)C)CC1. The summed E-state index contributed by atoms with van der Waals surface area (Å²) in [6.07, 6.45) is 4.14. The van der Waals surface area contributed by atoms with Gasteiger partial charge in [0.1, 0.15) is 12.1 Å². The van der Waals surface area contributed by atoms with Crippen LogP contribution in [0.25, 0.3) is 0 Å². The van der Waals surface area contributed by atoms with Crippen molar-refractivity contribution in [3.05, 3.63) is 11.9 Å². The number of hydrogen-bond donors (Lipinski definition) is 3. The Bertz CT molecular complexity index is 904. The van der Waals surface area contributed by atoms with E-state index in [0.29, 0.717) is 18.9 Å². The Kier molecular flexibility index (Phi) is 8.33. The van der Waals surface area contributed by atoms with Gasteiger partial charge in [0.15, 0.2) is 0 Å². The predicted molar refractivity (Wildman–Crippen MR) is 134 cm³/mol. The lowest BCUT2D eigenvalue weighted by molar-refractivity contribution is -0.144. The normalized spacial score (nSPS) is 25.7. The van der Waals surface area contributed by atoms with Gasteiger partial charge in [0.25, 0.3) is 0 Å². The number of nitrogens with one attached hydrogen (secondary N) is 1. The molecule has 0 bridgehead atoms. The number of carbonyl (C=O) groups excluding carboxylic acids is 2. The minimum Gasteiger partial charge on any atom is -0.395 e. The molecule has 11 nitrogen and oxygen atoms in total. The van der Waals surface area contributed by atoms with Gasteiger partial charge in [-0.05, 0) is 31.7 Å². The molecule has 0 aromatic carbocycles. The van der Waals surface area contributed by atoms with Crippen LogP contribution in [0.2, 0.25) is 0 Å². The number of nitrogens with zero attached hydrogens (tertiary/aromatic N) is 6. The van der Waals surface area contributed by atoms with Gasteiger partial charge in [-0.1, -0.05) is 26.0 Å². The fourth-order valence-corrected chi connectivity index (χ4v) is 5.38. The van der Waals surface area contributed by atoms with Crippen LogP contribution in [0.5, 0.6) is 0 Å². The smallest absolute Gasteiger partial charge is 0.248 e. The lowest BCUT2D eigenvalue weighted by Crippen LogP contribution is -2.52. The number of hydrogen-bond acceptors (Lipinski definition) is 8. The Labute approximate surface area is 213 Å². The van der Waals surface area contributed by atoms with Gasteiger partial charge in [-0.25, -0.2) is 4.68 Å². The maximum atomic E-state index is 13.8. The lowest BCUT2D eigenvalue weighted by Gasteiger charge is -2.37. The van der Waals surface area contributed by atoms with Crippen LogP contribution in [0.3, 0.4) is 0 Å². The maximum Gasteiger partial charge on any atom is 0.248 e. The van der Waals surface area contributed by atoms with Crippen LogP contribution in [0.15, 0.2) is 6.20 Å². The fourth-order valence-electron chi connectivity index (χ4n) is 5.38. The maximum absolute atomic E-state index is 13.8. The third-order valence-corrected chi connectivity index (χ3v) is 7.75. The molecule has 36 heavy (non-hydrogen) atoms. The molecule has 3 heterocycles. The van der Waals surface area contributed by atoms with Crippen LogP contribution < -0.4 is 5.32 Å². The zero-order chi connectivity index (χ0) is 26.0. The quantitative estimate of drug-likeness (QED) is 0.422. The molecule has 1 aromatic rings. The Morgan fingerprint density at radius 1 is 1.19 bits per heavy atom. The van der Waals surface area contributed by atoms with Crippen molar-refractivity contribution in [2.45, 2.75) is 76.6 Å². The van der Waals surface area contributed by atoms with Crippen molar-refractivity contribution < 1.29 is 19.8 Å². The first-order valence-electron chi connectivity index (χ1n) is 13.3. The standard InChI is InChI=1S/C25H43N7O4/c1-25(2,3)22(32-15-20(27-28-32)17-5-6-17)24(36)31-14-19(34)13-21(31)23(35)26-8-7-18(16-33)30-11-9-29(4)10-12-30/h15,17-19,21-22,33-34H,5-14,16H2,1-4H3,(H,26,35)/t18?,19-,21+,22-/m1/s1. The first kappa shape index (κ1) is 27.0. The summed E-state index contributed by atoms with van der Waals surface area (Å²) in [4.78, 5) is 33.0. The van der Waals surface area contributed by atoms with E-state index in [2.05, 4.69) is 32.5 Å². The molecule has 3 N–H and O–H groups in total. The molecule has 2 aliphatic heterocycles. The van der Waals surface area contributed by atoms with E-state index in [1.165, 1.54) is 4.90 Å². The fraction of sp³-hybridized carbons (Fsp3) is 0.840. The highest BCUT2D eigenvalue weighted by molar-refractivity contribution is 5.90. The van der Waals surface area contributed by atoms with Crippen LogP contribution in [-0.4, -0.2) is 123 Å². The van der Waals surface area contributed by atoms with Crippen LogP contribution >= 0.6 is 0 Å². The van der Waals surface area contributed by atoms with E-state index in [-0.39, 0.29) is 37.4 Å². The second kappa shape index (κ2) is 11.1. The molecule has 3 fully saturated rings. The van der Waals surface area contributed by atoms with E-state index in [4.69, 9.17) is 0 Å². The molecule has 202 valence electrons. The van der Waals surface area contributed by atoms with Crippen molar-refractivity contribution >= 4 is 11.8 Å². The average molecular weight is 506 g/mol. The summed E-state index contributed by atoms with van der Waals surface area (Å²) in [5.41, 5.74) is 0.448. The molecule has 3 aliphatic rings. The molecule has 1 unspecified atom stereocenters. The molecule has 4 rings (SSSR count). The zero-order valence-corrected chi connectivity index (χ0v) is 22.1. The summed E-state index contributed by atoms with van der Waals surface area (Å²) in [6.45, 7) is 10.2. The summed E-state index contributed by atoms with van der Waals surface area (Å²) in [5, 5.41) is 31.8. The van der Waals surface area contributed by atoms with E-state index in [1.807, 2.05) is 27.0 Å². The molecule has 0 spiro atoms. The number of amides is 2. The number of carbonyl (C=O) groups is 2. The van der Waals surface area contributed by atoms with Gasteiger partial charge in [0.05, 0.1) is 18.4 Å². The number of likely N-dealkylation sites (N-methyl/N-ethyl adjacent to an activating group) is 1. The van der Waals surface area contributed by atoms with Gasteiger partial charge in [-0.2, -0.15) is 0 Å². The van der Waals surface area contributed by atoms with E-state index in [9.17, 15) is 19.8 Å². The number of aromatic nitrogens is 3. The molecule has 2 amide bonds. The summed E-state index contributed by atoms with van der Waals surface area (Å²) in [7, 11) is 2.09. The lowest BCUT2D eigenvalue weighted by atomic mass is 9.85. The molecule has 1 aromatic heterocycles. The van der Waals surface area contributed by atoms with Crippen molar-refractivity contribution in [3.8, 4) is 0 Å². The Morgan fingerprint density at radius 2 is 1.89 bits per heavy atom. The highest BCUT2D eigenvalue weighted by Gasteiger charge is 2.45. The number of β-amino-alcohol motifs (C(OH)–C–C–N with tert-alkyl or cyclic N) is 1. The average Bonchev–Trinajstić information content (AvgIpc) is 3.43. The largest absolute Gasteiger partial charge is 0.395 e. The molecule has 1 aliphatic carbocycles. The number of likely N-dealkylation sites (tertiary alicyclic amines) is 1. The Balaban J connectivity index is 1.39. The van der Waals surface area contributed by atoms with Crippen molar-refractivity contribution in [3.63, 3.8) is 0 Å². The second-order valence-electron chi connectivity index (χ2n) is 11.8. The first-order valence-corrected chi connectivity index (χ1v) is 13.3. The summed E-state index contributed by atoms with van der Waals surface area (Å²) >= 11 is 0. The number of aliphatic hydroxyl groups is 2. The summed E-state index contributed by atoms with van der Waals surface area (Å²) in [6, 6.07) is -1.38. The minimum atomic E-state index is -0.751. The van der Waals surface area contributed by atoms with Crippen molar-refractivity contribution in [1.29, 1.82) is 0 Å². The van der Waals surface area contributed by atoms with Crippen LogP contribution in [0.4, 0.5) is 0 Å². The highest BCUT2D eigenvalue weighted by Crippen LogP contribution is 2.40. The van der Waals surface area contributed by atoms with Gasteiger partial charge in [0, 0.05) is 63.8 Å². The van der Waals surface area contributed by atoms with Gasteiger partial charge in [-0.3, -0.25) is 14.5 Å². The van der Waals surface area contributed by atoms with Crippen molar-refractivity contribution in [2.24, 2.45) is 5.41 Å². The molecule has 1 saturated carbocycles. The number of piperazine rings is 1. The van der Waals surface area contributed by atoms with E-state index >= 15 is 0 Å². The molecular weight excluding hydrogens is 462 g/mol. The second-order valence-corrected chi connectivity index (χ2v) is 11.8. The van der Waals surface area contributed by atoms with Gasteiger partial charge < -0.3 is 25.3 Å². The third-order valence-electron chi connectivity index (χ3n) is 7.75. The number of aliphatic hydroxyl groups excluding tert-OH is 2. The molecule has 4 atom stereocenters. The minimum absolute atomic E-state index is 0.0100. The van der Waals surface area contributed by atoms with Crippen LogP contribution in [0.1, 0.15) is 64.1 Å². The van der Waals surface area contributed by atoms with Gasteiger partial charge in [0.2, 0.25) is 11.8 Å². The van der Waals surface area contributed by atoms with Gasteiger partial charge >= 0.3 is 0 Å². The Hall–Kier alpha value is -2.08. The molecule has 0 radical (unpaired) electrons. The van der Waals surface area contributed by atoms with E-state index in [1.54, 1.807) is 4.68 Å².